The quantitative estimate of drug-likeness (QED) is 0.208. The Morgan fingerprint density at radius 3 is 2.46 bits per heavy atom. The number of benzene rings is 3. The summed E-state index contributed by atoms with van der Waals surface area (Å²) in [6.07, 6.45) is 0.855. The van der Waals surface area contributed by atoms with E-state index in [9.17, 15) is 14.4 Å². The average Bonchev–Trinajstić information content (AvgIpc) is 3.56. The Labute approximate surface area is 242 Å². The molecule has 210 valence electrons. The molecule has 4 aromatic rings. The molecule has 0 fully saturated rings. The lowest BCUT2D eigenvalue weighted by Gasteiger charge is -2.23. The van der Waals surface area contributed by atoms with Crippen LogP contribution in [0, 0.1) is 0 Å². The summed E-state index contributed by atoms with van der Waals surface area (Å²) in [4.78, 5) is 46.2. The smallest absolute Gasteiger partial charge is 0.337 e. The van der Waals surface area contributed by atoms with Crippen molar-refractivity contribution < 1.29 is 19.1 Å². The fourth-order valence-electron chi connectivity index (χ4n) is 4.84. The van der Waals surface area contributed by atoms with Crippen LogP contribution in [0.15, 0.2) is 66.2 Å². The maximum Gasteiger partial charge on any atom is 0.337 e. The van der Waals surface area contributed by atoms with E-state index < -0.39 is 5.97 Å². The number of carbonyl (C=O) groups is 3. The molecule has 0 bridgehead atoms. The Bertz CT molecular complexity index is 1660. The number of carbonyl (C=O) groups excluding carboxylic acids is 3. The minimum atomic E-state index is -0.479. The van der Waals surface area contributed by atoms with Gasteiger partial charge in [0.15, 0.2) is 0 Å². The molecule has 0 aliphatic carbocycles. The van der Waals surface area contributed by atoms with Gasteiger partial charge in [0.2, 0.25) is 5.91 Å². The zero-order valence-corrected chi connectivity index (χ0v) is 24.2. The number of esters is 1. The van der Waals surface area contributed by atoms with Gasteiger partial charge in [-0.2, -0.15) is 0 Å². The maximum atomic E-state index is 13.4. The van der Waals surface area contributed by atoms with Crippen molar-refractivity contribution in [1.29, 1.82) is 0 Å². The second-order valence-electron chi connectivity index (χ2n) is 9.99. The number of thiazole rings is 1. The summed E-state index contributed by atoms with van der Waals surface area (Å²) in [6.45, 7) is 3.07. The molecule has 2 amide bonds. The van der Waals surface area contributed by atoms with E-state index in [-0.39, 0.29) is 11.8 Å². The third-order valence-corrected chi connectivity index (χ3v) is 7.68. The third-order valence-electron chi connectivity index (χ3n) is 6.87. The number of ether oxygens (including phenoxy) is 1. The summed E-state index contributed by atoms with van der Waals surface area (Å²) in [5, 5.41) is 6.35. The zero-order valence-electron chi connectivity index (χ0n) is 23.4. The van der Waals surface area contributed by atoms with Gasteiger partial charge >= 0.3 is 5.97 Å². The van der Waals surface area contributed by atoms with Gasteiger partial charge in [0.05, 0.1) is 45.4 Å². The van der Waals surface area contributed by atoms with Crippen LogP contribution in [0.5, 0.6) is 0 Å². The van der Waals surface area contributed by atoms with Gasteiger partial charge < -0.3 is 25.2 Å². The molecule has 9 nitrogen and oxygen atoms in total. The summed E-state index contributed by atoms with van der Waals surface area (Å²) in [5.41, 5.74) is 7.57. The molecule has 0 unspecified atom stereocenters. The molecule has 1 aliphatic heterocycles. The Hall–Kier alpha value is -4.54. The molecule has 5 rings (SSSR count). The summed E-state index contributed by atoms with van der Waals surface area (Å²) in [7, 11) is 5.34. The number of rotatable bonds is 9. The number of nitrogens with zero attached hydrogens (tertiary/aromatic N) is 3. The van der Waals surface area contributed by atoms with E-state index in [1.807, 2.05) is 56.6 Å². The van der Waals surface area contributed by atoms with Crippen LogP contribution in [0.1, 0.15) is 34.8 Å². The molecule has 10 heteroatoms. The Morgan fingerprint density at radius 2 is 1.76 bits per heavy atom. The van der Waals surface area contributed by atoms with Crippen LogP contribution in [-0.4, -0.2) is 62.0 Å². The maximum absolute atomic E-state index is 13.4. The van der Waals surface area contributed by atoms with Crippen LogP contribution < -0.4 is 15.5 Å². The number of aromatic nitrogens is 1. The molecule has 0 saturated carbocycles. The SMILES string of the molecule is COC(=O)c1ccc2c(c1)NC(=O)/C2=C(\Nc1ccc(N(CCCN(C)C)C(C)=O)cc1)c1ccc2scnc2c1. The zero-order chi connectivity index (χ0) is 29.1. The predicted octanol–water partition coefficient (Wildman–Crippen LogP) is 5.32. The van der Waals surface area contributed by atoms with E-state index in [0.29, 0.717) is 34.6 Å². The van der Waals surface area contributed by atoms with Crippen molar-refractivity contribution in [2.45, 2.75) is 13.3 Å². The molecule has 1 aromatic heterocycles. The highest BCUT2D eigenvalue weighted by Crippen LogP contribution is 2.39. The van der Waals surface area contributed by atoms with Gasteiger partial charge in [-0.05, 0) is 75.6 Å². The highest BCUT2D eigenvalue weighted by Gasteiger charge is 2.29. The number of fused-ring (bicyclic) bond motifs is 2. The third kappa shape index (κ3) is 5.98. The van der Waals surface area contributed by atoms with Crippen LogP contribution in [0.25, 0.3) is 21.5 Å². The van der Waals surface area contributed by atoms with E-state index in [1.54, 1.807) is 46.9 Å². The molecular formula is C31H31N5O4S. The molecule has 41 heavy (non-hydrogen) atoms. The van der Waals surface area contributed by atoms with E-state index in [4.69, 9.17) is 4.74 Å². The number of methoxy groups -OCH3 is 1. The largest absolute Gasteiger partial charge is 0.465 e. The lowest BCUT2D eigenvalue weighted by molar-refractivity contribution is -0.116. The average molecular weight is 570 g/mol. The second kappa shape index (κ2) is 11.9. The van der Waals surface area contributed by atoms with Crippen molar-refractivity contribution in [3.8, 4) is 0 Å². The first-order valence-corrected chi connectivity index (χ1v) is 14.0. The highest BCUT2D eigenvalue weighted by atomic mass is 32.1. The van der Waals surface area contributed by atoms with Gasteiger partial charge in [-0.25, -0.2) is 9.78 Å². The molecule has 0 radical (unpaired) electrons. The van der Waals surface area contributed by atoms with E-state index in [2.05, 4.69) is 20.5 Å². The van der Waals surface area contributed by atoms with Crippen LogP contribution in [0.2, 0.25) is 0 Å². The van der Waals surface area contributed by atoms with Gasteiger partial charge in [0.25, 0.3) is 5.91 Å². The molecule has 1 aliphatic rings. The molecule has 0 saturated heterocycles. The van der Waals surface area contributed by atoms with Crippen LogP contribution in [0.3, 0.4) is 0 Å². The van der Waals surface area contributed by atoms with Crippen LogP contribution in [0.4, 0.5) is 17.1 Å². The molecule has 2 heterocycles. The topological polar surface area (TPSA) is 104 Å². The van der Waals surface area contributed by atoms with Gasteiger partial charge in [-0.15, -0.1) is 11.3 Å². The summed E-state index contributed by atoms with van der Waals surface area (Å²) in [5.74, 6) is -0.786. The molecular weight excluding hydrogens is 538 g/mol. The Kier molecular flexibility index (Phi) is 8.14. The normalized spacial score (nSPS) is 13.6. The first-order valence-electron chi connectivity index (χ1n) is 13.2. The predicted molar refractivity (Wildman–Crippen MR) is 164 cm³/mol. The van der Waals surface area contributed by atoms with Crippen molar-refractivity contribution in [2.75, 3.05) is 49.8 Å². The van der Waals surface area contributed by atoms with Crippen LogP contribution >= 0.6 is 11.3 Å². The lowest BCUT2D eigenvalue weighted by Crippen LogP contribution is -2.31. The summed E-state index contributed by atoms with van der Waals surface area (Å²) in [6, 6.07) is 18.5. The molecule has 0 spiro atoms. The Balaban J connectivity index is 1.53. The lowest BCUT2D eigenvalue weighted by atomic mass is 9.98. The highest BCUT2D eigenvalue weighted by molar-refractivity contribution is 7.16. The fourth-order valence-corrected chi connectivity index (χ4v) is 5.50. The van der Waals surface area contributed by atoms with E-state index in [0.717, 1.165) is 40.1 Å². The number of anilines is 3. The van der Waals surface area contributed by atoms with Crippen molar-refractivity contribution in [3.63, 3.8) is 0 Å². The van der Waals surface area contributed by atoms with Gasteiger partial charge in [0.1, 0.15) is 0 Å². The van der Waals surface area contributed by atoms with Crippen molar-refractivity contribution in [1.82, 2.24) is 9.88 Å². The minimum absolute atomic E-state index is 0.0191. The molecule has 0 atom stereocenters. The minimum Gasteiger partial charge on any atom is -0.465 e. The van der Waals surface area contributed by atoms with E-state index in [1.165, 1.54) is 7.11 Å². The van der Waals surface area contributed by atoms with Gasteiger partial charge in [0, 0.05) is 36.0 Å². The van der Waals surface area contributed by atoms with Gasteiger partial charge in [-0.3, -0.25) is 9.59 Å². The standard InChI is InChI=1S/C31H31N5O4S/c1-19(37)36(15-5-14-35(2)3)23-10-8-22(9-11-23)33-29(20-7-13-27-26(16-20)32-18-41-27)28-24-12-6-21(31(39)40-4)17-25(24)34-30(28)38/h6-13,16-18,33H,5,14-15H2,1-4H3,(H,34,38)/b29-28-. The molecule has 2 N–H and O–H groups in total. The monoisotopic (exact) mass is 569 g/mol. The second-order valence-corrected chi connectivity index (χ2v) is 10.9. The number of hydrogen-bond donors (Lipinski definition) is 2. The first-order chi connectivity index (χ1) is 19.7. The fraction of sp³-hybridized carbons (Fsp3) is 0.226. The van der Waals surface area contributed by atoms with Crippen LogP contribution in [-0.2, 0) is 14.3 Å². The molecule has 3 aromatic carbocycles. The van der Waals surface area contributed by atoms with E-state index >= 15 is 0 Å². The van der Waals surface area contributed by atoms with Crippen molar-refractivity contribution in [2.24, 2.45) is 0 Å². The number of nitrogens with one attached hydrogen (secondary N) is 2. The summed E-state index contributed by atoms with van der Waals surface area (Å²) >= 11 is 1.55. The summed E-state index contributed by atoms with van der Waals surface area (Å²) < 4.78 is 5.89. The van der Waals surface area contributed by atoms with Gasteiger partial charge in [-0.1, -0.05) is 12.1 Å². The number of amides is 2. The van der Waals surface area contributed by atoms with Crippen molar-refractivity contribution in [3.05, 3.63) is 82.9 Å². The first kappa shape index (κ1) is 28.0. The Morgan fingerprint density at radius 1 is 1.00 bits per heavy atom. The van der Waals surface area contributed by atoms with Crippen molar-refractivity contribution >= 4 is 67.7 Å². The number of hydrogen-bond acceptors (Lipinski definition) is 8.